The smallest absolute Gasteiger partial charge is 0.334 e. The molecule has 0 spiro atoms. The standard InChI is InChI=1S/C12H9Cl2N3O3S2/c1-6(11(19)20-2)4-17(12-16-15-5-21-12)10(18)8-3-7(13)9(14)22-8/h3-5H,1-2H3/b6-4+. The van der Waals surface area contributed by atoms with Gasteiger partial charge in [0.1, 0.15) is 9.85 Å². The Hall–Kier alpha value is -1.48. The molecule has 0 fully saturated rings. The number of nitrogens with zero attached hydrogens (tertiary/aromatic N) is 3. The van der Waals surface area contributed by atoms with Crippen LogP contribution in [-0.2, 0) is 9.53 Å². The molecule has 1 amide bonds. The SMILES string of the molecule is COC(=O)/C(C)=C/N(C(=O)c1cc(Cl)c(Cl)s1)c1nncs1. The molecule has 0 unspecified atom stereocenters. The molecule has 6 nitrogen and oxygen atoms in total. The van der Waals surface area contributed by atoms with Crippen molar-refractivity contribution < 1.29 is 14.3 Å². The molecular formula is C12H9Cl2N3O3S2. The summed E-state index contributed by atoms with van der Waals surface area (Å²) in [7, 11) is 1.26. The molecule has 0 aromatic carbocycles. The van der Waals surface area contributed by atoms with Crippen LogP contribution in [0.25, 0.3) is 0 Å². The van der Waals surface area contributed by atoms with Crippen molar-refractivity contribution in [3.8, 4) is 0 Å². The lowest BCUT2D eigenvalue weighted by atomic mass is 10.3. The quantitative estimate of drug-likeness (QED) is 0.600. The van der Waals surface area contributed by atoms with Crippen molar-refractivity contribution in [3.63, 3.8) is 0 Å². The number of ether oxygens (including phenoxy) is 1. The fourth-order valence-electron chi connectivity index (χ4n) is 1.45. The van der Waals surface area contributed by atoms with Gasteiger partial charge in [-0.3, -0.25) is 9.69 Å². The van der Waals surface area contributed by atoms with Gasteiger partial charge in [-0.25, -0.2) is 4.79 Å². The first kappa shape index (κ1) is 16.9. The Morgan fingerprint density at radius 2 is 2.14 bits per heavy atom. The molecule has 0 aliphatic rings. The number of carbonyl (C=O) groups excluding carboxylic acids is 2. The van der Waals surface area contributed by atoms with E-state index in [0.717, 1.165) is 22.7 Å². The second-order valence-electron chi connectivity index (χ2n) is 3.93. The first-order chi connectivity index (χ1) is 10.4. The van der Waals surface area contributed by atoms with Crippen LogP contribution >= 0.6 is 45.9 Å². The van der Waals surface area contributed by atoms with Gasteiger partial charge in [0.05, 0.1) is 22.6 Å². The highest BCUT2D eigenvalue weighted by atomic mass is 35.5. The number of esters is 1. The van der Waals surface area contributed by atoms with E-state index in [1.807, 2.05) is 0 Å². The number of thiophene rings is 1. The Kier molecular flexibility index (Phi) is 5.52. The Morgan fingerprint density at radius 3 is 2.64 bits per heavy atom. The molecule has 0 radical (unpaired) electrons. The van der Waals surface area contributed by atoms with Crippen LogP contribution in [0.3, 0.4) is 0 Å². The summed E-state index contributed by atoms with van der Waals surface area (Å²) in [5.41, 5.74) is 1.71. The number of rotatable bonds is 4. The maximum absolute atomic E-state index is 12.6. The van der Waals surface area contributed by atoms with Crippen LogP contribution in [0.1, 0.15) is 16.6 Å². The highest BCUT2D eigenvalue weighted by molar-refractivity contribution is 7.19. The molecule has 0 bridgehead atoms. The van der Waals surface area contributed by atoms with Gasteiger partial charge in [-0.05, 0) is 13.0 Å². The summed E-state index contributed by atoms with van der Waals surface area (Å²) in [4.78, 5) is 25.7. The molecular weight excluding hydrogens is 369 g/mol. The zero-order valence-corrected chi connectivity index (χ0v) is 14.5. The summed E-state index contributed by atoms with van der Waals surface area (Å²) >= 11 is 14.0. The topological polar surface area (TPSA) is 72.4 Å². The number of methoxy groups -OCH3 is 1. The Labute approximate surface area is 143 Å². The number of anilines is 1. The van der Waals surface area contributed by atoms with Gasteiger partial charge in [0, 0.05) is 6.20 Å². The van der Waals surface area contributed by atoms with Gasteiger partial charge in [0.15, 0.2) is 0 Å². The molecule has 2 aromatic heterocycles. The van der Waals surface area contributed by atoms with Crippen molar-refractivity contribution in [2.75, 3.05) is 12.0 Å². The minimum Gasteiger partial charge on any atom is -0.466 e. The third-order valence-electron chi connectivity index (χ3n) is 2.46. The number of hydrogen-bond donors (Lipinski definition) is 0. The van der Waals surface area contributed by atoms with Gasteiger partial charge in [-0.1, -0.05) is 34.5 Å². The van der Waals surface area contributed by atoms with Crippen molar-refractivity contribution in [2.45, 2.75) is 6.92 Å². The van der Waals surface area contributed by atoms with Crippen molar-refractivity contribution >= 4 is 62.9 Å². The van der Waals surface area contributed by atoms with E-state index in [4.69, 9.17) is 23.2 Å². The minimum absolute atomic E-state index is 0.236. The van der Waals surface area contributed by atoms with E-state index in [1.54, 1.807) is 0 Å². The summed E-state index contributed by atoms with van der Waals surface area (Å²) in [5.74, 6) is -0.969. The van der Waals surface area contributed by atoms with E-state index in [-0.39, 0.29) is 5.57 Å². The maximum Gasteiger partial charge on any atom is 0.334 e. The molecule has 0 atom stereocenters. The third-order valence-corrected chi connectivity index (χ3v) is 5.00. The van der Waals surface area contributed by atoms with Crippen molar-refractivity contribution in [2.24, 2.45) is 0 Å². The maximum atomic E-state index is 12.6. The molecule has 2 rings (SSSR count). The van der Waals surface area contributed by atoms with E-state index in [1.165, 1.54) is 36.7 Å². The molecule has 0 saturated carbocycles. The third kappa shape index (κ3) is 3.64. The first-order valence-electron chi connectivity index (χ1n) is 5.75. The number of halogens is 2. The summed E-state index contributed by atoms with van der Waals surface area (Å²) < 4.78 is 4.94. The number of amides is 1. The van der Waals surface area contributed by atoms with Gasteiger partial charge < -0.3 is 4.74 Å². The molecule has 0 aliphatic heterocycles. The predicted octanol–water partition coefficient (Wildman–Crippen LogP) is 3.63. The van der Waals surface area contributed by atoms with Gasteiger partial charge >= 0.3 is 5.97 Å². The van der Waals surface area contributed by atoms with Crippen LogP contribution in [-0.4, -0.2) is 29.2 Å². The number of aromatic nitrogens is 2. The zero-order valence-electron chi connectivity index (χ0n) is 11.4. The van der Waals surface area contributed by atoms with Crippen molar-refractivity contribution in [1.29, 1.82) is 0 Å². The predicted molar refractivity (Wildman–Crippen MR) is 86.8 cm³/mol. The average molecular weight is 378 g/mol. The summed E-state index contributed by atoms with van der Waals surface area (Å²) in [6.07, 6.45) is 1.34. The Bertz CT molecular complexity index is 709. The van der Waals surface area contributed by atoms with Crippen LogP contribution in [0.2, 0.25) is 9.36 Å². The van der Waals surface area contributed by atoms with Gasteiger partial charge in [0.25, 0.3) is 5.91 Å². The lowest BCUT2D eigenvalue weighted by Crippen LogP contribution is -2.26. The zero-order chi connectivity index (χ0) is 16.3. The lowest BCUT2D eigenvalue weighted by Gasteiger charge is -2.14. The number of carbonyl (C=O) groups is 2. The molecule has 2 heterocycles. The van der Waals surface area contributed by atoms with Crippen LogP contribution in [0.4, 0.5) is 5.13 Å². The van der Waals surface area contributed by atoms with Crippen LogP contribution in [0.15, 0.2) is 23.3 Å². The van der Waals surface area contributed by atoms with Crippen molar-refractivity contribution in [3.05, 3.63) is 37.6 Å². The monoisotopic (exact) mass is 377 g/mol. The van der Waals surface area contributed by atoms with Gasteiger partial charge in [0.2, 0.25) is 5.13 Å². The average Bonchev–Trinajstić information content (AvgIpc) is 3.13. The molecule has 0 N–H and O–H groups in total. The molecule has 0 saturated heterocycles. The molecule has 0 aliphatic carbocycles. The number of hydrogen-bond acceptors (Lipinski definition) is 7. The fraction of sp³-hybridized carbons (Fsp3) is 0.167. The second kappa shape index (κ2) is 7.19. The highest BCUT2D eigenvalue weighted by Gasteiger charge is 2.23. The van der Waals surface area contributed by atoms with E-state index in [0.29, 0.717) is 19.4 Å². The van der Waals surface area contributed by atoms with Crippen LogP contribution in [0.5, 0.6) is 0 Å². The van der Waals surface area contributed by atoms with Crippen LogP contribution < -0.4 is 4.90 Å². The van der Waals surface area contributed by atoms with E-state index >= 15 is 0 Å². The normalized spacial score (nSPS) is 11.4. The van der Waals surface area contributed by atoms with Gasteiger partial charge in [-0.2, -0.15) is 0 Å². The second-order valence-corrected chi connectivity index (χ2v) is 6.81. The summed E-state index contributed by atoms with van der Waals surface area (Å²) in [5, 5.41) is 8.15. The van der Waals surface area contributed by atoms with E-state index < -0.39 is 11.9 Å². The first-order valence-corrected chi connectivity index (χ1v) is 8.20. The largest absolute Gasteiger partial charge is 0.466 e. The van der Waals surface area contributed by atoms with Gasteiger partial charge in [-0.15, -0.1) is 21.5 Å². The lowest BCUT2D eigenvalue weighted by molar-refractivity contribution is -0.136. The summed E-state index contributed by atoms with van der Waals surface area (Å²) in [6, 6.07) is 1.46. The molecule has 116 valence electrons. The molecule has 2 aromatic rings. The molecule has 10 heteroatoms. The van der Waals surface area contributed by atoms with E-state index in [2.05, 4.69) is 14.9 Å². The summed E-state index contributed by atoms with van der Waals surface area (Å²) in [6.45, 7) is 1.53. The highest BCUT2D eigenvalue weighted by Crippen LogP contribution is 2.33. The Balaban J connectivity index is 2.41. The van der Waals surface area contributed by atoms with Crippen LogP contribution in [0, 0.1) is 0 Å². The minimum atomic E-state index is -0.551. The fourth-order valence-corrected chi connectivity index (χ4v) is 3.29. The van der Waals surface area contributed by atoms with Crippen molar-refractivity contribution in [1.82, 2.24) is 10.2 Å². The molecule has 22 heavy (non-hydrogen) atoms. The Morgan fingerprint density at radius 1 is 1.41 bits per heavy atom. The van der Waals surface area contributed by atoms with E-state index in [9.17, 15) is 9.59 Å².